The zero-order valence-corrected chi connectivity index (χ0v) is 11.5. The lowest BCUT2D eigenvalue weighted by atomic mass is 9.82. The first-order valence-electron chi connectivity index (χ1n) is 7.04. The Labute approximate surface area is 112 Å². The molecular formula is C14H20N2O3. The van der Waals surface area contributed by atoms with E-state index in [1.54, 1.807) is 0 Å². The van der Waals surface area contributed by atoms with Crippen molar-refractivity contribution in [2.75, 3.05) is 6.54 Å². The van der Waals surface area contributed by atoms with Gasteiger partial charge in [-0.3, -0.25) is 19.8 Å². The number of hydrogen-bond donors (Lipinski definition) is 1. The van der Waals surface area contributed by atoms with Crippen LogP contribution >= 0.6 is 0 Å². The van der Waals surface area contributed by atoms with Gasteiger partial charge < -0.3 is 0 Å². The van der Waals surface area contributed by atoms with Crippen LogP contribution in [0.2, 0.25) is 0 Å². The highest BCUT2D eigenvalue weighted by atomic mass is 16.2. The molecule has 3 fully saturated rings. The van der Waals surface area contributed by atoms with Gasteiger partial charge in [0.25, 0.3) is 0 Å². The Kier molecular flexibility index (Phi) is 2.53. The van der Waals surface area contributed by atoms with Crippen LogP contribution in [0.4, 0.5) is 4.79 Å². The fraction of sp³-hybridized carbons (Fsp3) is 0.786. The maximum absolute atomic E-state index is 12.6. The van der Waals surface area contributed by atoms with Gasteiger partial charge in [-0.05, 0) is 30.6 Å². The van der Waals surface area contributed by atoms with Crippen molar-refractivity contribution in [1.29, 1.82) is 0 Å². The molecule has 1 atom stereocenters. The Morgan fingerprint density at radius 1 is 1.21 bits per heavy atom. The van der Waals surface area contributed by atoms with E-state index in [1.165, 1.54) is 4.90 Å². The quantitative estimate of drug-likeness (QED) is 0.771. The lowest BCUT2D eigenvalue weighted by Crippen LogP contribution is -2.63. The van der Waals surface area contributed by atoms with Crippen molar-refractivity contribution in [3.05, 3.63) is 0 Å². The maximum Gasteiger partial charge on any atom is 0.330 e. The average Bonchev–Trinajstić information content (AvgIpc) is 2.79. The van der Waals surface area contributed by atoms with Crippen LogP contribution in [0.25, 0.3) is 0 Å². The Morgan fingerprint density at radius 2 is 1.79 bits per heavy atom. The normalized spacial score (nSPS) is 31.8. The molecule has 1 heterocycles. The summed E-state index contributed by atoms with van der Waals surface area (Å²) in [4.78, 5) is 37.8. The maximum atomic E-state index is 12.6. The van der Waals surface area contributed by atoms with Crippen LogP contribution < -0.4 is 5.32 Å². The lowest BCUT2D eigenvalue weighted by Gasteiger charge is -2.37. The minimum atomic E-state index is -0.951. The van der Waals surface area contributed by atoms with Crippen LogP contribution in [0, 0.1) is 16.7 Å². The van der Waals surface area contributed by atoms with Crippen LogP contribution in [0.1, 0.15) is 46.0 Å². The number of carbonyl (C=O) groups is 3. The van der Waals surface area contributed by atoms with Crippen molar-refractivity contribution >= 4 is 17.8 Å². The molecule has 19 heavy (non-hydrogen) atoms. The second-order valence-electron chi connectivity index (χ2n) is 6.85. The van der Waals surface area contributed by atoms with Crippen molar-refractivity contribution in [2.45, 2.75) is 46.0 Å². The van der Waals surface area contributed by atoms with Gasteiger partial charge in [0, 0.05) is 6.54 Å². The molecule has 0 bridgehead atoms. The van der Waals surface area contributed by atoms with E-state index in [0.29, 0.717) is 25.3 Å². The van der Waals surface area contributed by atoms with Crippen molar-refractivity contribution in [1.82, 2.24) is 10.2 Å². The molecule has 1 N–H and O–H groups in total. The third kappa shape index (κ3) is 1.78. The third-order valence-corrected chi connectivity index (χ3v) is 5.13. The lowest BCUT2D eigenvalue weighted by molar-refractivity contribution is -0.151. The first-order chi connectivity index (χ1) is 8.87. The smallest absolute Gasteiger partial charge is 0.277 e. The van der Waals surface area contributed by atoms with Crippen LogP contribution in [-0.4, -0.2) is 29.3 Å². The molecule has 2 saturated carbocycles. The summed E-state index contributed by atoms with van der Waals surface area (Å²) in [6.07, 6.45) is 3.96. The van der Waals surface area contributed by atoms with Crippen LogP contribution in [0.15, 0.2) is 0 Å². The second kappa shape index (κ2) is 3.81. The molecule has 2 aliphatic carbocycles. The molecule has 4 amide bonds. The van der Waals surface area contributed by atoms with Crippen molar-refractivity contribution < 1.29 is 14.4 Å². The van der Waals surface area contributed by atoms with Gasteiger partial charge in [0.05, 0.1) is 0 Å². The third-order valence-electron chi connectivity index (χ3n) is 5.13. The highest BCUT2D eigenvalue weighted by Crippen LogP contribution is 2.52. The van der Waals surface area contributed by atoms with E-state index in [9.17, 15) is 14.4 Å². The van der Waals surface area contributed by atoms with Crippen molar-refractivity contribution in [2.24, 2.45) is 16.7 Å². The topological polar surface area (TPSA) is 66.5 Å². The van der Waals surface area contributed by atoms with Gasteiger partial charge in [0.15, 0.2) is 0 Å². The molecule has 3 aliphatic rings. The molecule has 0 aromatic rings. The number of carbonyl (C=O) groups excluding carboxylic acids is 3. The standard InChI is InChI=1S/C14H20N2O3/c1-13(2)7-9(13)8-16-11(18)14(5-3-4-6-14)10(17)15-12(16)19/h9H,3-8H2,1-2H3,(H,15,17,19). The van der Waals surface area contributed by atoms with Crippen LogP contribution in [-0.2, 0) is 9.59 Å². The first-order valence-corrected chi connectivity index (χ1v) is 7.04. The zero-order chi connectivity index (χ0) is 13.8. The summed E-state index contributed by atoms with van der Waals surface area (Å²) in [5.74, 6) is -0.276. The van der Waals surface area contributed by atoms with Gasteiger partial charge in [-0.15, -0.1) is 0 Å². The van der Waals surface area contributed by atoms with E-state index in [4.69, 9.17) is 0 Å². The van der Waals surface area contributed by atoms with Gasteiger partial charge in [0.1, 0.15) is 5.41 Å². The fourth-order valence-electron chi connectivity index (χ4n) is 3.43. The van der Waals surface area contributed by atoms with Gasteiger partial charge >= 0.3 is 6.03 Å². The number of barbiturate groups is 1. The second-order valence-corrected chi connectivity index (χ2v) is 6.85. The molecule has 104 valence electrons. The van der Waals surface area contributed by atoms with Gasteiger partial charge in [-0.1, -0.05) is 26.7 Å². The molecular weight excluding hydrogens is 244 g/mol. The van der Waals surface area contributed by atoms with E-state index in [2.05, 4.69) is 19.2 Å². The SMILES string of the molecule is CC1(C)CC1CN1C(=O)NC(=O)C2(CCCC2)C1=O. The summed E-state index contributed by atoms with van der Waals surface area (Å²) in [5, 5.41) is 2.38. The number of rotatable bonds is 2. The predicted molar refractivity (Wildman–Crippen MR) is 68.0 cm³/mol. The molecule has 5 heteroatoms. The molecule has 0 aromatic heterocycles. The fourth-order valence-corrected chi connectivity index (χ4v) is 3.43. The minimum Gasteiger partial charge on any atom is -0.277 e. The van der Waals surface area contributed by atoms with E-state index in [-0.39, 0.29) is 17.2 Å². The Balaban J connectivity index is 1.82. The molecule has 0 radical (unpaired) electrons. The Bertz CT molecular complexity index is 463. The van der Waals surface area contributed by atoms with Gasteiger partial charge in [-0.25, -0.2) is 4.79 Å². The molecule has 0 aromatic carbocycles. The van der Waals surface area contributed by atoms with Gasteiger partial charge in [0.2, 0.25) is 11.8 Å². The summed E-state index contributed by atoms with van der Waals surface area (Å²) in [6, 6.07) is -0.532. The number of imide groups is 2. The minimum absolute atomic E-state index is 0.213. The number of amides is 4. The van der Waals surface area contributed by atoms with E-state index >= 15 is 0 Å². The zero-order valence-electron chi connectivity index (χ0n) is 11.5. The molecule has 1 aliphatic heterocycles. The highest BCUT2D eigenvalue weighted by Gasteiger charge is 2.57. The number of nitrogens with one attached hydrogen (secondary N) is 1. The largest absolute Gasteiger partial charge is 0.330 e. The van der Waals surface area contributed by atoms with E-state index < -0.39 is 11.4 Å². The Hall–Kier alpha value is -1.39. The van der Waals surface area contributed by atoms with Crippen LogP contribution in [0.5, 0.6) is 0 Å². The van der Waals surface area contributed by atoms with E-state index in [1.807, 2.05) is 0 Å². The summed E-state index contributed by atoms with van der Waals surface area (Å²) in [7, 11) is 0. The molecule has 1 saturated heterocycles. The molecule has 1 spiro atoms. The first kappa shape index (κ1) is 12.6. The van der Waals surface area contributed by atoms with E-state index in [0.717, 1.165) is 19.3 Å². The van der Waals surface area contributed by atoms with Gasteiger partial charge in [-0.2, -0.15) is 0 Å². The number of hydrogen-bond acceptors (Lipinski definition) is 3. The molecule has 5 nitrogen and oxygen atoms in total. The number of urea groups is 1. The van der Waals surface area contributed by atoms with Crippen LogP contribution in [0.3, 0.4) is 0 Å². The average molecular weight is 264 g/mol. The summed E-state index contributed by atoms with van der Waals surface area (Å²) in [6.45, 7) is 4.73. The highest BCUT2D eigenvalue weighted by molar-refractivity contribution is 6.19. The summed E-state index contributed by atoms with van der Waals surface area (Å²) >= 11 is 0. The summed E-state index contributed by atoms with van der Waals surface area (Å²) in [5.41, 5.74) is -0.738. The van der Waals surface area contributed by atoms with Crippen molar-refractivity contribution in [3.8, 4) is 0 Å². The monoisotopic (exact) mass is 264 g/mol. The van der Waals surface area contributed by atoms with Crippen molar-refractivity contribution in [3.63, 3.8) is 0 Å². The molecule has 1 unspecified atom stereocenters. The number of nitrogens with zero attached hydrogens (tertiary/aromatic N) is 1. The Morgan fingerprint density at radius 3 is 2.32 bits per heavy atom. The predicted octanol–water partition coefficient (Wildman–Crippen LogP) is 1.67. The summed E-state index contributed by atoms with van der Waals surface area (Å²) < 4.78 is 0. The molecule has 3 rings (SSSR count).